The minimum absolute atomic E-state index is 0.205. The number of Topliss-reactive ketones (excluding diaryl/α,β-unsaturated/α-hetero) is 1. The molecule has 2 rings (SSSR count). The highest BCUT2D eigenvalue weighted by molar-refractivity contribution is 5.82. The van der Waals surface area contributed by atoms with E-state index >= 15 is 0 Å². The zero-order valence-corrected chi connectivity index (χ0v) is 16.7. The monoisotopic (exact) mass is 376 g/mol. The van der Waals surface area contributed by atoms with Gasteiger partial charge in [-0.3, -0.25) is 9.59 Å². The van der Waals surface area contributed by atoms with E-state index in [4.69, 9.17) is 5.11 Å². The van der Waals surface area contributed by atoms with Crippen molar-refractivity contribution in [3.05, 3.63) is 24.3 Å². The molecule has 0 saturated heterocycles. The van der Waals surface area contributed by atoms with Gasteiger partial charge < -0.3 is 10.2 Å². The summed E-state index contributed by atoms with van der Waals surface area (Å²) in [5.41, 5.74) is 1.36. The minimum atomic E-state index is -0.736. The van der Waals surface area contributed by atoms with Crippen LogP contribution in [0, 0.1) is 23.7 Å². The second-order valence-corrected chi connectivity index (χ2v) is 8.62. The Hall–Kier alpha value is -1.42. The lowest BCUT2D eigenvalue weighted by atomic mass is 9.83. The number of carboxylic acid groups (broad SMARTS) is 1. The number of aliphatic carboxylic acids is 1. The number of allylic oxidation sites excluding steroid dienone is 3. The normalized spacial score (nSPS) is 27.9. The number of aliphatic hydroxyl groups is 1. The highest BCUT2D eigenvalue weighted by Gasteiger charge is 2.47. The summed E-state index contributed by atoms with van der Waals surface area (Å²) in [6.45, 7) is 5.95. The number of rotatable bonds is 13. The molecule has 1 saturated carbocycles. The van der Waals surface area contributed by atoms with Crippen LogP contribution in [-0.4, -0.2) is 28.1 Å². The fourth-order valence-electron chi connectivity index (χ4n) is 4.87. The second kappa shape index (κ2) is 10.8. The van der Waals surface area contributed by atoms with Gasteiger partial charge in [-0.05, 0) is 69.1 Å². The maximum atomic E-state index is 12.8. The molecule has 0 amide bonds. The summed E-state index contributed by atoms with van der Waals surface area (Å²) in [6, 6.07) is 0. The first-order valence-electron chi connectivity index (χ1n) is 10.7. The Balaban J connectivity index is 1.77. The Labute approximate surface area is 163 Å². The Bertz CT molecular complexity index is 551. The van der Waals surface area contributed by atoms with Crippen molar-refractivity contribution in [2.24, 2.45) is 23.7 Å². The van der Waals surface area contributed by atoms with Gasteiger partial charge in [-0.25, -0.2) is 0 Å². The summed E-state index contributed by atoms with van der Waals surface area (Å²) < 4.78 is 0. The van der Waals surface area contributed by atoms with Gasteiger partial charge in [-0.15, -0.1) is 6.58 Å². The van der Waals surface area contributed by atoms with Gasteiger partial charge in [0, 0.05) is 18.8 Å². The van der Waals surface area contributed by atoms with E-state index in [2.05, 4.69) is 19.6 Å². The third-order valence-electron chi connectivity index (χ3n) is 6.39. The third kappa shape index (κ3) is 6.60. The molecule has 0 radical (unpaired) electrons. The summed E-state index contributed by atoms with van der Waals surface area (Å²) in [6.07, 6.45) is 12.8. The molecule has 2 N–H and O–H groups in total. The van der Waals surface area contributed by atoms with Crippen LogP contribution in [0.3, 0.4) is 0 Å². The number of carboxylic acids is 1. The SMILES string of the molecule is C=CCCCC(C)CCC(=O)[C@H]1[C@@H]2CC(CCCCC(=O)O)=C[C@@H]2C[C@@H]1O. The molecule has 0 heterocycles. The highest BCUT2D eigenvalue weighted by Crippen LogP contribution is 2.48. The number of carbonyl (C=O) groups excluding carboxylic acids is 1. The van der Waals surface area contributed by atoms with Crippen molar-refractivity contribution in [3.8, 4) is 0 Å². The average Bonchev–Trinajstić information content (AvgIpc) is 3.12. The zero-order chi connectivity index (χ0) is 19.8. The molecule has 0 aromatic heterocycles. The molecule has 4 nitrogen and oxygen atoms in total. The Morgan fingerprint density at radius 1 is 1.26 bits per heavy atom. The molecule has 27 heavy (non-hydrogen) atoms. The van der Waals surface area contributed by atoms with Crippen molar-refractivity contribution in [3.63, 3.8) is 0 Å². The molecule has 4 heteroatoms. The second-order valence-electron chi connectivity index (χ2n) is 8.62. The number of fused-ring (bicyclic) bond motifs is 1. The Kier molecular flexibility index (Phi) is 8.75. The summed E-state index contributed by atoms with van der Waals surface area (Å²) >= 11 is 0. The van der Waals surface area contributed by atoms with E-state index < -0.39 is 12.1 Å². The predicted molar refractivity (Wildman–Crippen MR) is 107 cm³/mol. The molecule has 2 aliphatic rings. The number of aliphatic hydroxyl groups excluding tert-OH is 1. The van der Waals surface area contributed by atoms with E-state index in [0.717, 1.165) is 44.9 Å². The van der Waals surface area contributed by atoms with Crippen LogP contribution in [0.2, 0.25) is 0 Å². The molecular formula is C23H36O4. The maximum Gasteiger partial charge on any atom is 0.303 e. The molecule has 0 bridgehead atoms. The topological polar surface area (TPSA) is 74.6 Å². The van der Waals surface area contributed by atoms with Crippen LogP contribution in [0.15, 0.2) is 24.3 Å². The predicted octanol–water partition coefficient (Wildman–Crippen LogP) is 4.92. The lowest BCUT2D eigenvalue weighted by Gasteiger charge is -2.21. The summed E-state index contributed by atoms with van der Waals surface area (Å²) in [5.74, 6) is 0.426. The van der Waals surface area contributed by atoms with Crippen molar-refractivity contribution < 1.29 is 19.8 Å². The van der Waals surface area contributed by atoms with E-state index in [0.29, 0.717) is 31.1 Å². The lowest BCUT2D eigenvalue weighted by molar-refractivity contribution is -0.137. The molecule has 0 aromatic rings. The van der Waals surface area contributed by atoms with E-state index in [9.17, 15) is 14.7 Å². The quantitative estimate of drug-likeness (QED) is 0.353. The third-order valence-corrected chi connectivity index (χ3v) is 6.39. The largest absolute Gasteiger partial charge is 0.481 e. The van der Waals surface area contributed by atoms with Crippen LogP contribution in [0.4, 0.5) is 0 Å². The van der Waals surface area contributed by atoms with Crippen LogP contribution in [0.25, 0.3) is 0 Å². The van der Waals surface area contributed by atoms with Crippen molar-refractivity contribution in [2.75, 3.05) is 0 Å². The smallest absolute Gasteiger partial charge is 0.303 e. The standard InChI is InChI=1S/C23H36O4/c1-3-4-5-8-16(2)11-12-20(24)23-19-14-17(9-6-7-10-22(26)27)13-18(19)15-21(23)25/h3,13,16,18-19,21,23,25H,1,4-12,14-15H2,2H3,(H,26,27)/t16?,18-,19-,21+,23-/m1/s1. The Morgan fingerprint density at radius 3 is 2.74 bits per heavy atom. The fourth-order valence-corrected chi connectivity index (χ4v) is 4.87. The van der Waals surface area contributed by atoms with Crippen molar-refractivity contribution in [1.82, 2.24) is 0 Å². The molecule has 0 aromatic carbocycles. The molecule has 5 atom stereocenters. The number of ketones is 1. The summed E-state index contributed by atoms with van der Waals surface area (Å²) in [4.78, 5) is 23.4. The van der Waals surface area contributed by atoms with Gasteiger partial charge in [0.15, 0.2) is 0 Å². The van der Waals surface area contributed by atoms with Gasteiger partial charge in [-0.1, -0.05) is 31.1 Å². The minimum Gasteiger partial charge on any atom is -0.481 e. The summed E-state index contributed by atoms with van der Waals surface area (Å²) in [7, 11) is 0. The van der Waals surface area contributed by atoms with E-state index in [1.54, 1.807) is 0 Å². The van der Waals surface area contributed by atoms with E-state index in [1.807, 2.05) is 6.08 Å². The van der Waals surface area contributed by atoms with Crippen LogP contribution < -0.4 is 0 Å². The van der Waals surface area contributed by atoms with Gasteiger partial charge in [0.25, 0.3) is 0 Å². The molecule has 0 spiro atoms. The van der Waals surface area contributed by atoms with E-state index in [-0.39, 0.29) is 24.0 Å². The first-order chi connectivity index (χ1) is 12.9. The zero-order valence-electron chi connectivity index (χ0n) is 16.7. The maximum absolute atomic E-state index is 12.8. The van der Waals surface area contributed by atoms with Gasteiger partial charge in [0.2, 0.25) is 0 Å². The molecule has 152 valence electrons. The van der Waals surface area contributed by atoms with Crippen LogP contribution in [0.1, 0.15) is 77.6 Å². The first-order valence-corrected chi connectivity index (χ1v) is 10.7. The van der Waals surface area contributed by atoms with Crippen molar-refractivity contribution in [1.29, 1.82) is 0 Å². The molecular weight excluding hydrogens is 340 g/mol. The van der Waals surface area contributed by atoms with Gasteiger partial charge in [0.1, 0.15) is 5.78 Å². The average molecular weight is 377 g/mol. The van der Waals surface area contributed by atoms with Crippen molar-refractivity contribution >= 4 is 11.8 Å². The van der Waals surface area contributed by atoms with E-state index in [1.165, 1.54) is 5.57 Å². The number of carbonyl (C=O) groups is 2. The van der Waals surface area contributed by atoms with Gasteiger partial charge >= 0.3 is 5.97 Å². The molecule has 0 aliphatic heterocycles. The van der Waals surface area contributed by atoms with Gasteiger partial charge in [0.05, 0.1) is 6.10 Å². The molecule has 2 aliphatic carbocycles. The first kappa shape index (κ1) is 21.9. The highest BCUT2D eigenvalue weighted by atomic mass is 16.4. The fraction of sp³-hybridized carbons (Fsp3) is 0.739. The lowest BCUT2D eigenvalue weighted by Crippen LogP contribution is -2.28. The Morgan fingerprint density at radius 2 is 2.04 bits per heavy atom. The molecule has 1 unspecified atom stereocenters. The number of unbranched alkanes of at least 4 members (excludes halogenated alkanes) is 2. The van der Waals surface area contributed by atoms with Crippen molar-refractivity contribution in [2.45, 2.75) is 83.7 Å². The number of hydrogen-bond donors (Lipinski definition) is 2. The summed E-state index contributed by atoms with van der Waals surface area (Å²) in [5, 5.41) is 19.2. The van der Waals surface area contributed by atoms with Crippen LogP contribution in [0.5, 0.6) is 0 Å². The van der Waals surface area contributed by atoms with Crippen LogP contribution in [-0.2, 0) is 9.59 Å². The number of hydrogen-bond acceptors (Lipinski definition) is 3. The van der Waals surface area contributed by atoms with Gasteiger partial charge in [-0.2, -0.15) is 0 Å². The molecule has 1 fully saturated rings. The van der Waals surface area contributed by atoms with Crippen LogP contribution >= 0.6 is 0 Å².